The Morgan fingerprint density at radius 1 is 1.42 bits per heavy atom. The van der Waals surface area contributed by atoms with Crippen LogP contribution < -0.4 is 11.2 Å². The van der Waals surface area contributed by atoms with Crippen LogP contribution in [0.4, 0.5) is 5.82 Å². The van der Waals surface area contributed by atoms with Crippen molar-refractivity contribution in [2.75, 3.05) is 12.3 Å². The fourth-order valence-electron chi connectivity index (χ4n) is 2.83. The minimum atomic E-state index is -1.36. The number of hydroxylamine groups is 1. The predicted molar refractivity (Wildman–Crippen MR) is 78.9 cm³/mol. The summed E-state index contributed by atoms with van der Waals surface area (Å²) in [6.45, 7) is 1.10. The molecule has 3 heterocycles. The number of hydrogen-bond donors (Lipinski definition) is 6. The number of nitrogens with one attached hydrogen (secondary N) is 1. The van der Waals surface area contributed by atoms with Crippen molar-refractivity contribution in [3.05, 3.63) is 17.6 Å². The molecule has 0 aromatic carbocycles. The molecule has 3 rings (SSSR count). The zero-order chi connectivity index (χ0) is 17.6. The quantitative estimate of drug-likeness (QED) is 0.274. The molecule has 4 atom stereocenters. The van der Waals surface area contributed by atoms with E-state index in [0.29, 0.717) is 5.82 Å². The molecule has 0 bridgehead atoms. The van der Waals surface area contributed by atoms with Crippen LogP contribution in [-0.2, 0) is 4.74 Å². The molecular formula is C13H17N5O6. The highest BCUT2D eigenvalue weighted by Crippen LogP contribution is 2.34. The van der Waals surface area contributed by atoms with E-state index in [0.717, 1.165) is 0 Å². The predicted octanol–water partition coefficient (Wildman–Crippen LogP) is -1.95. The number of carbonyl (C=O) groups excluding carboxylic acids is 1. The SMILES string of the molecule is Cc1nc(N)c2c(C(=O)NO)cn([C@@H]3O[C@H](CO)[C@@H](O)[C@H]3O)c2n1. The summed E-state index contributed by atoms with van der Waals surface area (Å²) in [5.74, 6) is -0.506. The van der Waals surface area contributed by atoms with Gasteiger partial charge in [-0.25, -0.2) is 15.4 Å². The molecule has 1 aliphatic heterocycles. The van der Waals surface area contributed by atoms with Gasteiger partial charge in [0, 0.05) is 6.20 Å². The first-order valence-electron chi connectivity index (χ1n) is 7.10. The first-order valence-corrected chi connectivity index (χ1v) is 7.10. The van der Waals surface area contributed by atoms with Gasteiger partial charge >= 0.3 is 0 Å². The minimum Gasteiger partial charge on any atom is -0.394 e. The van der Waals surface area contributed by atoms with E-state index in [4.69, 9.17) is 15.7 Å². The number of aliphatic hydroxyl groups excluding tert-OH is 3. The van der Waals surface area contributed by atoms with E-state index >= 15 is 0 Å². The number of aliphatic hydroxyl groups is 3. The second kappa shape index (κ2) is 5.96. The number of hydrogen-bond acceptors (Lipinski definition) is 9. The van der Waals surface area contributed by atoms with Gasteiger partial charge in [0.1, 0.15) is 35.6 Å². The smallest absolute Gasteiger partial charge is 0.277 e. The Balaban J connectivity index is 2.20. The van der Waals surface area contributed by atoms with Crippen LogP contribution in [-0.4, -0.2) is 65.9 Å². The molecule has 0 unspecified atom stereocenters. The fourth-order valence-corrected chi connectivity index (χ4v) is 2.83. The highest BCUT2D eigenvalue weighted by molar-refractivity contribution is 6.09. The molecule has 0 aliphatic carbocycles. The van der Waals surface area contributed by atoms with Gasteiger partial charge in [0.15, 0.2) is 6.23 Å². The van der Waals surface area contributed by atoms with Gasteiger partial charge in [-0.15, -0.1) is 0 Å². The van der Waals surface area contributed by atoms with Crippen molar-refractivity contribution in [3.63, 3.8) is 0 Å². The maximum Gasteiger partial charge on any atom is 0.277 e. The fraction of sp³-hybridized carbons (Fsp3) is 0.462. The van der Waals surface area contributed by atoms with Crippen LogP contribution in [0.15, 0.2) is 6.20 Å². The van der Waals surface area contributed by atoms with Gasteiger partial charge in [-0.05, 0) is 6.92 Å². The lowest BCUT2D eigenvalue weighted by Crippen LogP contribution is -2.33. The zero-order valence-corrected chi connectivity index (χ0v) is 12.6. The van der Waals surface area contributed by atoms with Gasteiger partial charge in [0.2, 0.25) is 0 Å². The number of carbonyl (C=O) groups is 1. The van der Waals surface area contributed by atoms with Crippen LogP contribution in [0.25, 0.3) is 11.0 Å². The van der Waals surface area contributed by atoms with Crippen LogP contribution in [0.1, 0.15) is 22.4 Å². The Hall–Kier alpha value is -2.31. The summed E-state index contributed by atoms with van der Waals surface area (Å²) in [6.07, 6.45) is -3.49. The molecule has 1 fully saturated rings. The first-order chi connectivity index (χ1) is 11.4. The van der Waals surface area contributed by atoms with E-state index in [-0.39, 0.29) is 22.4 Å². The number of nitrogen functional groups attached to an aromatic ring is 1. The van der Waals surface area contributed by atoms with Crippen molar-refractivity contribution >= 4 is 22.8 Å². The van der Waals surface area contributed by atoms with Gasteiger partial charge in [-0.1, -0.05) is 0 Å². The van der Waals surface area contributed by atoms with Crippen LogP contribution >= 0.6 is 0 Å². The Kier molecular flexibility index (Phi) is 4.11. The van der Waals surface area contributed by atoms with Gasteiger partial charge < -0.3 is 30.4 Å². The number of aryl methyl sites for hydroxylation is 1. The second-order valence-electron chi connectivity index (χ2n) is 5.47. The summed E-state index contributed by atoms with van der Waals surface area (Å²) in [6, 6.07) is 0. The van der Waals surface area contributed by atoms with Crippen molar-refractivity contribution in [2.45, 2.75) is 31.5 Å². The summed E-state index contributed by atoms with van der Waals surface area (Å²) in [5.41, 5.74) is 7.53. The topological polar surface area (TPSA) is 176 Å². The number of fused-ring (bicyclic) bond motifs is 1. The minimum absolute atomic E-state index is 0.0154. The van der Waals surface area contributed by atoms with Crippen LogP contribution in [0, 0.1) is 6.92 Å². The van der Waals surface area contributed by atoms with E-state index < -0.39 is 37.1 Å². The lowest BCUT2D eigenvalue weighted by molar-refractivity contribution is -0.0509. The number of amides is 1. The van der Waals surface area contributed by atoms with E-state index in [1.165, 1.54) is 16.2 Å². The van der Waals surface area contributed by atoms with E-state index in [1.807, 2.05) is 0 Å². The summed E-state index contributed by atoms with van der Waals surface area (Å²) >= 11 is 0. The van der Waals surface area contributed by atoms with E-state index in [1.54, 1.807) is 6.92 Å². The third kappa shape index (κ3) is 2.39. The average Bonchev–Trinajstić information content (AvgIpc) is 3.06. The highest BCUT2D eigenvalue weighted by atomic mass is 16.6. The number of aromatic nitrogens is 3. The lowest BCUT2D eigenvalue weighted by atomic mass is 10.1. The molecule has 130 valence electrons. The normalized spacial score (nSPS) is 26.9. The average molecular weight is 339 g/mol. The van der Waals surface area contributed by atoms with Crippen molar-refractivity contribution in [3.8, 4) is 0 Å². The second-order valence-corrected chi connectivity index (χ2v) is 5.47. The van der Waals surface area contributed by atoms with Gasteiger partial charge in [-0.2, -0.15) is 0 Å². The molecule has 2 aromatic heterocycles. The van der Waals surface area contributed by atoms with Crippen LogP contribution in [0.2, 0.25) is 0 Å². The largest absolute Gasteiger partial charge is 0.394 e. The lowest BCUT2D eigenvalue weighted by Gasteiger charge is -2.17. The standard InChI is InChI=1S/C13H17N5O6/c1-4-15-10(14)7-5(12(22)17-23)2-18(11(7)16-4)13-9(21)8(20)6(3-19)24-13/h2,6,8-9,13,19-21,23H,3H2,1H3,(H,17,22)(H2,14,15,16)/t6-,8-,9-,13-/m1/s1. The van der Waals surface area contributed by atoms with Crippen LogP contribution in [0.3, 0.4) is 0 Å². The van der Waals surface area contributed by atoms with Gasteiger partial charge in [0.05, 0.1) is 17.6 Å². The van der Waals surface area contributed by atoms with Crippen molar-refractivity contribution < 1.29 is 30.1 Å². The molecule has 11 nitrogen and oxygen atoms in total. The zero-order valence-electron chi connectivity index (χ0n) is 12.6. The third-order valence-corrected chi connectivity index (χ3v) is 3.95. The monoisotopic (exact) mass is 339 g/mol. The summed E-state index contributed by atoms with van der Waals surface area (Å²) in [4.78, 5) is 20.1. The number of ether oxygens (including phenoxy) is 1. The number of anilines is 1. The molecular weight excluding hydrogens is 322 g/mol. The van der Waals surface area contributed by atoms with Crippen molar-refractivity contribution in [2.24, 2.45) is 0 Å². The summed E-state index contributed by atoms with van der Waals surface area (Å²) < 4.78 is 6.77. The molecule has 1 saturated heterocycles. The molecule has 24 heavy (non-hydrogen) atoms. The number of rotatable bonds is 3. The Morgan fingerprint density at radius 2 is 2.12 bits per heavy atom. The Labute approximate surface area is 135 Å². The van der Waals surface area contributed by atoms with Crippen LogP contribution in [0.5, 0.6) is 0 Å². The Bertz CT molecular complexity index is 793. The third-order valence-electron chi connectivity index (χ3n) is 3.95. The number of nitrogens with two attached hydrogens (primary N) is 1. The maximum atomic E-state index is 11.9. The Morgan fingerprint density at radius 3 is 2.71 bits per heavy atom. The number of nitrogens with zero attached hydrogens (tertiary/aromatic N) is 3. The van der Waals surface area contributed by atoms with Gasteiger partial charge in [-0.3, -0.25) is 10.0 Å². The molecule has 7 N–H and O–H groups in total. The summed E-state index contributed by atoms with van der Waals surface area (Å²) in [5, 5.41) is 38.4. The van der Waals surface area contributed by atoms with Crippen molar-refractivity contribution in [1.82, 2.24) is 20.0 Å². The van der Waals surface area contributed by atoms with Crippen molar-refractivity contribution in [1.29, 1.82) is 0 Å². The molecule has 0 spiro atoms. The first kappa shape index (κ1) is 16.5. The molecule has 0 saturated carbocycles. The molecule has 2 aromatic rings. The van der Waals surface area contributed by atoms with E-state index in [2.05, 4.69) is 9.97 Å². The maximum absolute atomic E-state index is 11.9. The molecule has 1 amide bonds. The van der Waals surface area contributed by atoms with Gasteiger partial charge in [0.25, 0.3) is 5.91 Å². The molecule has 0 radical (unpaired) electrons. The highest BCUT2D eigenvalue weighted by Gasteiger charge is 2.44. The summed E-state index contributed by atoms with van der Waals surface area (Å²) in [7, 11) is 0. The molecule has 1 aliphatic rings. The van der Waals surface area contributed by atoms with E-state index in [9.17, 15) is 20.1 Å². The molecule has 11 heteroatoms.